The minimum Gasteiger partial charge on any atom is -0.369 e. The topological polar surface area (TPSA) is 74.3 Å². The van der Waals surface area contributed by atoms with Crippen LogP contribution in [0, 0.1) is 10.8 Å². The van der Waals surface area contributed by atoms with Gasteiger partial charge in [0.2, 0.25) is 5.96 Å². The first-order valence-electron chi connectivity index (χ1n) is 5.27. The highest BCUT2D eigenvalue weighted by molar-refractivity contribution is 5.98. The van der Waals surface area contributed by atoms with E-state index in [0.29, 0.717) is 0 Å². The van der Waals surface area contributed by atoms with Crippen LogP contribution in [-0.4, -0.2) is 11.7 Å². The lowest BCUT2D eigenvalue weighted by atomic mass is 9.79. The second-order valence-corrected chi connectivity index (χ2v) is 4.73. The molecule has 0 bridgehead atoms. The van der Waals surface area contributed by atoms with Gasteiger partial charge in [0.15, 0.2) is 0 Å². The van der Waals surface area contributed by atoms with Crippen molar-refractivity contribution in [3.05, 3.63) is 11.6 Å². The molecule has 0 aromatic heterocycles. The average molecular weight is 208 g/mol. The molecule has 0 spiro atoms. The van der Waals surface area contributed by atoms with Crippen molar-refractivity contribution in [1.29, 1.82) is 5.41 Å². The van der Waals surface area contributed by atoms with Crippen LogP contribution in [0.25, 0.3) is 0 Å². The summed E-state index contributed by atoms with van der Waals surface area (Å²) in [5.74, 6) is -0.120. The molecule has 0 fully saturated rings. The number of nitrogens with one attached hydrogen (secondary N) is 2. The van der Waals surface area contributed by atoms with Gasteiger partial charge >= 0.3 is 0 Å². The van der Waals surface area contributed by atoms with Crippen molar-refractivity contribution >= 4 is 11.7 Å². The van der Waals surface area contributed by atoms with E-state index < -0.39 is 0 Å². The molecule has 1 aliphatic rings. The maximum atomic E-state index is 7.02. The third-order valence-corrected chi connectivity index (χ3v) is 2.64. The van der Waals surface area contributed by atoms with E-state index in [0.717, 1.165) is 12.1 Å². The number of guanidine groups is 1. The molecule has 0 aromatic rings. The van der Waals surface area contributed by atoms with E-state index in [9.17, 15) is 0 Å². The van der Waals surface area contributed by atoms with E-state index in [2.05, 4.69) is 30.5 Å². The molecule has 4 nitrogen and oxygen atoms in total. The number of nitrogens with two attached hydrogens (primary N) is 1. The highest BCUT2D eigenvalue weighted by Crippen LogP contribution is 2.33. The van der Waals surface area contributed by atoms with Gasteiger partial charge in [-0.3, -0.25) is 5.41 Å². The van der Waals surface area contributed by atoms with Crippen LogP contribution >= 0.6 is 0 Å². The van der Waals surface area contributed by atoms with Crippen molar-refractivity contribution in [3.63, 3.8) is 0 Å². The molecule has 0 radical (unpaired) electrons. The van der Waals surface area contributed by atoms with E-state index in [1.165, 1.54) is 18.4 Å². The Kier molecular flexibility index (Phi) is 3.50. The van der Waals surface area contributed by atoms with Gasteiger partial charge in [-0.1, -0.05) is 19.9 Å². The van der Waals surface area contributed by atoms with E-state index >= 15 is 0 Å². The van der Waals surface area contributed by atoms with E-state index in [1.807, 2.05) is 6.92 Å². The summed E-state index contributed by atoms with van der Waals surface area (Å²) in [4.78, 5) is 0. The molecule has 4 heteroatoms. The number of hydrogen-bond acceptors (Lipinski definition) is 2. The molecular weight excluding hydrogens is 188 g/mol. The van der Waals surface area contributed by atoms with Crippen LogP contribution in [0.3, 0.4) is 0 Å². The molecule has 0 saturated heterocycles. The number of allylic oxidation sites excluding steroid dienone is 2. The predicted molar refractivity (Wildman–Crippen MR) is 63.9 cm³/mol. The number of hydrazone groups is 1. The zero-order chi connectivity index (χ0) is 11.5. The maximum absolute atomic E-state index is 7.02. The molecular formula is C11H20N4. The SMILES string of the molecule is CC(=NNC(=N)N)C1=CC(C)(C)CCC1. The number of hydrogen-bond donors (Lipinski definition) is 3. The first-order chi connectivity index (χ1) is 6.91. The lowest BCUT2D eigenvalue weighted by Gasteiger charge is -2.27. The molecule has 0 aliphatic heterocycles. The van der Waals surface area contributed by atoms with Crippen LogP contribution in [0.15, 0.2) is 16.8 Å². The summed E-state index contributed by atoms with van der Waals surface area (Å²) in [6, 6.07) is 0. The van der Waals surface area contributed by atoms with Crippen molar-refractivity contribution in [2.24, 2.45) is 16.3 Å². The normalized spacial score (nSPS) is 20.7. The quantitative estimate of drug-likeness (QED) is 0.369. The minimum atomic E-state index is -0.120. The molecule has 0 amide bonds. The van der Waals surface area contributed by atoms with E-state index in [1.54, 1.807) is 0 Å². The van der Waals surface area contributed by atoms with Gasteiger partial charge in [-0.15, -0.1) is 0 Å². The van der Waals surface area contributed by atoms with Crippen LogP contribution < -0.4 is 11.2 Å². The Labute approximate surface area is 91.1 Å². The van der Waals surface area contributed by atoms with Crippen molar-refractivity contribution in [2.75, 3.05) is 0 Å². The van der Waals surface area contributed by atoms with Crippen molar-refractivity contribution in [3.8, 4) is 0 Å². The molecule has 0 saturated carbocycles. The monoisotopic (exact) mass is 208 g/mol. The second kappa shape index (κ2) is 4.47. The summed E-state index contributed by atoms with van der Waals surface area (Å²) in [5, 5.41) is 11.1. The Balaban J connectivity index is 2.75. The molecule has 15 heavy (non-hydrogen) atoms. The second-order valence-electron chi connectivity index (χ2n) is 4.73. The summed E-state index contributed by atoms with van der Waals surface area (Å²) in [7, 11) is 0. The van der Waals surface area contributed by atoms with Crippen molar-refractivity contribution < 1.29 is 0 Å². The summed E-state index contributed by atoms with van der Waals surface area (Å²) in [6.07, 6.45) is 5.77. The number of rotatable bonds is 2. The lowest BCUT2D eigenvalue weighted by molar-refractivity contribution is 0.401. The highest BCUT2D eigenvalue weighted by atomic mass is 15.3. The average Bonchev–Trinajstić information content (AvgIpc) is 2.12. The fourth-order valence-electron chi connectivity index (χ4n) is 1.85. The standard InChI is InChI=1S/C11H20N4/c1-8(14-15-10(12)13)9-5-4-6-11(2,3)7-9/h7H,4-6H2,1-3H3,(H4,12,13,15). The number of nitrogens with zero attached hydrogens (tertiary/aromatic N) is 1. The van der Waals surface area contributed by atoms with Gasteiger partial charge in [-0.25, -0.2) is 5.43 Å². The van der Waals surface area contributed by atoms with Crippen LogP contribution in [0.2, 0.25) is 0 Å². The first-order valence-corrected chi connectivity index (χ1v) is 5.27. The Morgan fingerprint density at radius 2 is 2.27 bits per heavy atom. The van der Waals surface area contributed by atoms with Gasteiger partial charge < -0.3 is 5.73 Å². The molecule has 1 aliphatic carbocycles. The Hall–Kier alpha value is -1.32. The Morgan fingerprint density at radius 3 is 2.80 bits per heavy atom. The van der Waals surface area contributed by atoms with Gasteiger partial charge in [0.25, 0.3) is 0 Å². The van der Waals surface area contributed by atoms with Crippen LogP contribution in [0.4, 0.5) is 0 Å². The first kappa shape index (κ1) is 11.8. The molecule has 0 unspecified atom stereocenters. The van der Waals surface area contributed by atoms with Crippen LogP contribution in [0.1, 0.15) is 40.0 Å². The van der Waals surface area contributed by atoms with E-state index in [4.69, 9.17) is 11.1 Å². The minimum absolute atomic E-state index is 0.120. The Morgan fingerprint density at radius 1 is 1.60 bits per heavy atom. The largest absolute Gasteiger partial charge is 0.369 e. The van der Waals surface area contributed by atoms with Crippen LogP contribution in [-0.2, 0) is 0 Å². The lowest BCUT2D eigenvalue weighted by Crippen LogP contribution is -2.27. The molecule has 0 heterocycles. The van der Waals surface area contributed by atoms with Crippen molar-refractivity contribution in [2.45, 2.75) is 40.0 Å². The van der Waals surface area contributed by atoms with Crippen LogP contribution in [0.5, 0.6) is 0 Å². The smallest absolute Gasteiger partial charge is 0.206 e. The summed E-state index contributed by atoms with van der Waals surface area (Å²) >= 11 is 0. The van der Waals surface area contributed by atoms with Gasteiger partial charge in [0, 0.05) is 0 Å². The zero-order valence-electron chi connectivity index (χ0n) is 9.72. The van der Waals surface area contributed by atoms with Gasteiger partial charge in [-0.05, 0) is 37.2 Å². The third-order valence-electron chi connectivity index (χ3n) is 2.64. The predicted octanol–water partition coefficient (Wildman–Crippen LogP) is 1.98. The van der Waals surface area contributed by atoms with Gasteiger partial charge in [0.1, 0.15) is 0 Å². The Bertz CT molecular complexity index is 313. The summed E-state index contributed by atoms with van der Waals surface area (Å²) in [6.45, 7) is 6.42. The molecule has 1 rings (SSSR count). The van der Waals surface area contributed by atoms with Gasteiger partial charge in [-0.2, -0.15) is 5.10 Å². The van der Waals surface area contributed by atoms with Crippen molar-refractivity contribution in [1.82, 2.24) is 5.43 Å². The molecule has 0 atom stereocenters. The highest BCUT2D eigenvalue weighted by Gasteiger charge is 2.21. The maximum Gasteiger partial charge on any atom is 0.206 e. The zero-order valence-corrected chi connectivity index (χ0v) is 9.72. The molecule has 4 N–H and O–H groups in total. The fourth-order valence-corrected chi connectivity index (χ4v) is 1.85. The molecule has 84 valence electrons. The summed E-state index contributed by atoms with van der Waals surface area (Å²) < 4.78 is 0. The third kappa shape index (κ3) is 3.73. The molecule has 0 aromatic carbocycles. The fraction of sp³-hybridized carbons (Fsp3) is 0.636. The van der Waals surface area contributed by atoms with E-state index in [-0.39, 0.29) is 11.4 Å². The summed E-state index contributed by atoms with van der Waals surface area (Å²) in [5.41, 5.74) is 10.1. The van der Waals surface area contributed by atoms with Gasteiger partial charge in [0.05, 0.1) is 5.71 Å².